The van der Waals surface area contributed by atoms with Gasteiger partial charge in [-0.2, -0.15) is 0 Å². The van der Waals surface area contributed by atoms with Gasteiger partial charge in [-0.25, -0.2) is 0 Å². The van der Waals surface area contributed by atoms with Crippen LogP contribution in [0.25, 0.3) is 0 Å². The monoisotopic (exact) mass is 208 g/mol. The minimum absolute atomic E-state index is 0.253. The second-order valence-corrected chi connectivity index (χ2v) is 3.85. The van der Waals surface area contributed by atoms with Crippen LogP contribution in [0.1, 0.15) is 26.7 Å². The molecule has 15 heavy (non-hydrogen) atoms. The molecule has 84 valence electrons. The molecule has 0 aromatic heterocycles. The van der Waals surface area contributed by atoms with Gasteiger partial charge in [-0.3, -0.25) is 4.79 Å². The van der Waals surface area contributed by atoms with Gasteiger partial charge in [-0.05, 0) is 13.3 Å². The maximum absolute atomic E-state index is 11.0. The highest BCUT2D eigenvalue weighted by molar-refractivity contribution is 5.73. The first-order valence-corrected chi connectivity index (χ1v) is 5.55. The quantitative estimate of drug-likeness (QED) is 0.563. The SMILES string of the molecule is C=C1C(C)NCCN1/C(C=O)=C\CCC. The van der Waals surface area contributed by atoms with E-state index in [1.54, 1.807) is 0 Å². The molecule has 1 aliphatic rings. The fourth-order valence-electron chi connectivity index (χ4n) is 1.70. The Balaban J connectivity index is 2.74. The van der Waals surface area contributed by atoms with Gasteiger partial charge in [0.15, 0.2) is 6.29 Å². The number of unbranched alkanes of at least 4 members (excludes halogenated alkanes) is 1. The molecule has 0 aliphatic carbocycles. The lowest BCUT2D eigenvalue weighted by Crippen LogP contribution is -2.46. The standard InChI is InChI=1S/C12H20N2O/c1-4-5-6-12(9-15)14-8-7-13-10(2)11(14)3/h6,9-10,13H,3-5,7-8H2,1-2H3/b12-6-. The molecule has 0 aromatic carbocycles. The van der Waals surface area contributed by atoms with Gasteiger partial charge in [0, 0.05) is 24.8 Å². The largest absolute Gasteiger partial charge is 0.340 e. The van der Waals surface area contributed by atoms with Crippen LogP contribution in [0.3, 0.4) is 0 Å². The fraction of sp³-hybridized carbons (Fsp3) is 0.583. The van der Waals surface area contributed by atoms with Gasteiger partial charge in [0.05, 0.1) is 5.70 Å². The normalized spacial score (nSPS) is 23.1. The summed E-state index contributed by atoms with van der Waals surface area (Å²) < 4.78 is 0. The van der Waals surface area contributed by atoms with Crippen molar-refractivity contribution in [3.63, 3.8) is 0 Å². The maximum atomic E-state index is 11.0. The zero-order valence-corrected chi connectivity index (χ0v) is 9.62. The first-order valence-electron chi connectivity index (χ1n) is 5.55. The average molecular weight is 208 g/mol. The van der Waals surface area contributed by atoms with Crippen molar-refractivity contribution < 1.29 is 4.79 Å². The van der Waals surface area contributed by atoms with Crippen LogP contribution >= 0.6 is 0 Å². The molecule has 1 heterocycles. The Bertz CT molecular complexity index is 271. The maximum Gasteiger partial charge on any atom is 0.166 e. The summed E-state index contributed by atoms with van der Waals surface area (Å²) in [5.41, 5.74) is 1.74. The summed E-state index contributed by atoms with van der Waals surface area (Å²) in [5, 5.41) is 3.31. The molecule has 0 radical (unpaired) electrons. The third kappa shape index (κ3) is 2.93. The minimum atomic E-state index is 0.253. The van der Waals surface area contributed by atoms with Gasteiger partial charge >= 0.3 is 0 Å². The molecule has 1 saturated heterocycles. The van der Waals surface area contributed by atoms with Crippen molar-refractivity contribution in [3.8, 4) is 0 Å². The van der Waals surface area contributed by atoms with E-state index in [2.05, 4.69) is 25.7 Å². The van der Waals surface area contributed by atoms with Gasteiger partial charge in [0.25, 0.3) is 0 Å². The molecule has 0 saturated carbocycles. The zero-order chi connectivity index (χ0) is 11.3. The van der Waals surface area contributed by atoms with E-state index in [9.17, 15) is 4.79 Å². The van der Waals surface area contributed by atoms with Crippen molar-refractivity contribution in [3.05, 3.63) is 24.0 Å². The summed E-state index contributed by atoms with van der Waals surface area (Å²) >= 11 is 0. The van der Waals surface area contributed by atoms with Crippen molar-refractivity contribution >= 4 is 6.29 Å². The van der Waals surface area contributed by atoms with Crippen LogP contribution < -0.4 is 5.32 Å². The highest BCUT2D eigenvalue weighted by Crippen LogP contribution is 2.17. The van der Waals surface area contributed by atoms with Gasteiger partial charge in [-0.1, -0.05) is 26.0 Å². The lowest BCUT2D eigenvalue weighted by Gasteiger charge is -2.35. The van der Waals surface area contributed by atoms with Crippen LogP contribution in [-0.2, 0) is 4.79 Å². The number of nitrogens with one attached hydrogen (secondary N) is 1. The molecule has 3 heteroatoms. The van der Waals surface area contributed by atoms with Crippen molar-refractivity contribution in [2.75, 3.05) is 13.1 Å². The second kappa shape index (κ2) is 5.71. The van der Waals surface area contributed by atoms with Crippen LogP contribution in [0.5, 0.6) is 0 Å². The first-order chi connectivity index (χ1) is 7.20. The number of allylic oxidation sites excluding steroid dienone is 2. The first kappa shape index (κ1) is 12.0. The lowest BCUT2D eigenvalue weighted by atomic mass is 10.1. The summed E-state index contributed by atoms with van der Waals surface area (Å²) in [7, 11) is 0. The Labute approximate surface area is 91.8 Å². The minimum Gasteiger partial charge on any atom is -0.340 e. The van der Waals surface area contributed by atoms with Crippen LogP contribution in [0.2, 0.25) is 0 Å². The van der Waals surface area contributed by atoms with E-state index in [1.807, 2.05) is 11.0 Å². The van der Waals surface area contributed by atoms with Crippen molar-refractivity contribution in [1.82, 2.24) is 10.2 Å². The molecule has 1 N–H and O–H groups in total. The van der Waals surface area contributed by atoms with E-state index in [1.165, 1.54) is 0 Å². The Morgan fingerprint density at radius 1 is 1.73 bits per heavy atom. The molecular formula is C12H20N2O. The van der Waals surface area contributed by atoms with Crippen LogP contribution in [-0.4, -0.2) is 30.3 Å². The number of carbonyl (C=O) groups excluding carboxylic acids is 1. The fourth-order valence-corrected chi connectivity index (χ4v) is 1.70. The third-order valence-electron chi connectivity index (χ3n) is 2.71. The summed E-state index contributed by atoms with van der Waals surface area (Å²) in [6.07, 6.45) is 4.93. The second-order valence-electron chi connectivity index (χ2n) is 3.85. The van der Waals surface area contributed by atoms with E-state index < -0.39 is 0 Å². The summed E-state index contributed by atoms with van der Waals surface area (Å²) in [6.45, 7) is 9.92. The van der Waals surface area contributed by atoms with Gasteiger partial charge in [-0.15, -0.1) is 0 Å². The third-order valence-corrected chi connectivity index (χ3v) is 2.71. The molecular weight excluding hydrogens is 188 g/mol. The molecule has 1 aliphatic heterocycles. The molecule has 1 atom stereocenters. The number of rotatable bonds is 4. The summed E-state index contributed by atoms with van der Waals surface area (Å²) in [6, 6.07) is 0.253. The van der Waals surface area contributed by atoms with Gasteiger partial charge in [0.2, 0.25) is 0 Å². The highest BCUT2D eigenvalue weighted by atomic mass is 16.1. The highest BCUT2D eigenvalue weighted by Gasteiger charge is 2.21. The Hall–Kier alpha value is -1.09. The number of carbonyl (C=O) groups is 1. The molecule has 1 fully saturated rings. The predicted molar refractivity (Wildman–Crippen MR) is 62.4 cm³/mol. The number of nitrogens with zero attached hydrogens (tertiary/aromatic N) is 1. The van der Waals surface area contributed by atoms with E-state index in [0.717, 1.165) is 43.6 Å². The molecule has 0 bridgehead atoms. The molecule has 0 aromatic rings. The van der Waals surface area contributed by atoms with Crippen molar-refractivity contribution in [2.45, 2.75) is 32.7 Å². The Morgan fingerprint density at radius 2 is 2.47 bits per heavy atom. The van der Waals surface area contributed by atoms with Crippen LogP contribution in [0, 0.1) is 0 Å². The van der Waals surface area contributed by atoms with Gasteiger partial charge < -0.3 is 10.2 Å². The van der Waals surface area contributed by atoms with Crippen LogP contribution in [0.4, 0.5) is 0 Å². The summed E-state index contributed by atoms with van der Waals surface area (Å²) in [5.74, 6) is 0. The topological polar surface area (TPSA) is 32.3 Å². The molecule has 1 unspecified atom stereocenters. The Morgan fingerprint density at radius 3 is 3.07 bits per heavy atom. The number of aldehydes is 1. The number of hydrogen-bond donors (Lipinski definition) is 1. The Kier molecular flexibility index (Phi) is 4.56. The van der Waals surface area contributed by atoms with E-state index in [-0.39, 0.29) is 6.04 Å². The van der Waals surface area contributed by atoms with Crippen LogP contribution in [0.15, 0.2) is 24.0 Å². The van der Waals surface area contributed by atoms with Crippen molar-refractivity contribution in [1.29, 1.82) is 0 Å². The smallest absolute Gasteiger partial charge is 0.166 e. The molecule has 3 nitrogen and oxygen atoms in total. The average Bonchev–Trinajstić information content (AvgIpc) is 2.25. The van der Waals surface area contributed by atoms with E-state index in [4.69, 9.17) is 0 Å². The number of piperazine rings is 1. The molecule has 1 rings (SSSR count). The zero-order valence-electron chi connectivity index (χ0n) is 9.62. The van der Waals surface area contributed by atoms with E-state index >= 15 is 0 Å². The van der Waals surface area contributed by atoms with Gasteiger partial charge in [0.1, 0.15) is 0 Å². The summed E-state index contributed by atoms with van der Waals surface area (Å²) in [4.78, 5) is 13.0. The number of hydrogen-bond acceptors (Lipinski definition) is 3. The molecule has 0 spiro atoms. The lowest BCUT2D eigenvalue weighted by molar-refractivity contribution is -0.106. The predicted octanol–water partition coefficient (Wildman–Crippen LogP) is 1.68. The molecule has 0 amide bonds. The van der Waals surface area contributed by atoms with Crippen molar-refractivity contribution in [2.24, 2.45) is 0 Å². The van der Waals surface area contributed by atoms with E-state index in [0.29, 0.717) is 0 Å².